The van der Waals surface area contributed by atoms with Crippen LogP contribution in [0.5, 0.6) is 11.5 Å². The van der Waals surface area contributed by atoms with Crippen molar-refractivity contribution in [3.05, 3.63) is 60.2 Å². The molecule has 2 heterocycles. The molecule has 2 saturated heterocycles. The van der Waals surface area contributed by atoms with Crippen molar-refractivity contribution in [3.8, 4) is 11.5 Å². The van der Waals surface area contributed by atoms with Gasteiger partial charge >= 0.3 is 17.9 Å². The van der Waals surface area contributed by atoms with Crippen LogP contribution < -0.4 is 9.47 Å². The fraction of sp³-hybridized carbons (Fsp3) is 0.400. The van der Waals surface area contributed by atoms with Crippen LogP contribution in [0.3, 0.4) is 0 Å². The highest BCUT2D eigenvalue weighted by atomic mass is 16.8. The summed E-state index contributed by atoms with van der Waals surface area (Å²) in [5.41, 5.74) is 0.780. The molecule has 35 heavy (non-hydrogen) atoms. The first kappa shape index (κ1) is 24.6. The zero-order valence-corrected chi connectivity index (χ0v) is 19.4. The minimum Gasteiger partial charge on any atom is -0.461 e. The predicted octanol–water partition coefficient (Wildman–Crippen LogP) is 2.69. The maximum absolute atomic E-state index is 12.0. The fourth-order valence-corrected chi connectivity index (χ4v) is 3.95. The Hall–Kier alpha value is -3.47. The molecule has 2 aromatic carbocycles. The number of hydrogen-bond acceptors (Lipinski definition) is 10. The molecular weight excluding hydrogens is 460 g/mol. The van der Waals surface area contributed by atoms with Gasteiger partial charge in [-0.1, -0.05) is 30.3 Å². The van der Waals surface area contributed by atoms with Crippen molar-refractivity contribution in [2.45, 2.75) is 57.8 Å². The molecule has 0 aliphatic carbocycles. The monoisotopic (exact) mass is 486 g/mol. The van der Waals surface area contributed by atoms with E-state index in [1.54, 1.807) is 24.3 Å². The Morgan fingerprint density at radius 3 is 2.03 bits per heavy atom. The van der Waals surface area contributed by atoms with E-state index >= 15 is 0 Å². The van der Waals surface area contributed by atoms with Crippen LogP contribution in [0.25, 0.3) is 0 Å². The highest BCUT2D eigenvalue weighted by molar-refractivity contribution is 5.69. The number of hydrogen-bond donors (Lipinski definition) is 0. The van der Waals surface area contributed by atoms with Crippen molar-refractivity contribution in [2.24, 2.45) is 0 Å². The summed E-state index contributed by atoms with van der Waals surface area (Å²) >= 11 is 0. The zero-order valence-electron chi connectivity index (χ0n) is 19.4. The summed E-state index contributed by atoms with van der Waals surface area (Å²) in [6.45, 7) is 3.92. The molecule has 2 aliphatic rings. The van der Waals surface area contributed by atoms with Crippen LogP contribution in [0.4, 0.5) is 0 Å². The fourth-order valence-electron chi connectivity index (χ4n) is 3.95. The Labute approximate surface area is 202 Å². The van der Waals surface area contributed by atoms with Crippen LogP contribution in [-0.2, 0) is 38.1 Å². The molecule has 1 unspecified atom stereocenters. The molecule has 0 N–H and O–H groups in total. The van der Waals surface area contributed by atoms with Crippen molar-refractivity contribution in [3.63, 3.8) is 0 Å². The summed E-state index contributed by atoms with van der Waals surface area (Å²) in [7, 11) is 0. The second-order valence-electron chi connectivity index (χ2n) is 8.05. The molecule has 0 spiro atoms. The van der Waals surface area contributed by atoms with Gasteiger partial charge in [0.1, 0.15) is 23.7 Å². The first-order chi connectivity index (χ1) is 16.8. The van der Waals surface area contributed by atoms with Gasteiger partial charge in [-0.15, -0.1) is 0 Å². The molecule has 2 aromatic rings. The average molecular weight is 486 g/mol. The van der Waals surface area contributed by atoms with E-state index in [0.29, 0.717) is 11.5 Å². The molecule has 186 valence electrons. The Bertz CT molecular complexity index is 1040. The topological polar surface area (TPSA) is 116 Å². The molecule has 4 rings (SSSR count). The molecule has 2 fully saturated rings. The number of carbonyl (C=O) groups is 3. The quantitative estimate of drug-likeness (QED) is 0.446. The highest BCUT2D eigenvalue weighted by Gasteiger charge is 2.54. The minimum atomic E-state index is -1.13. The van der Waals surface area contributed by atoms with Gasteiger partial charge in [-0.05, 0) is 24.3 Å². The first-order valence-corrected chi connectivity index (χ1v) is 11.1. The third-order valence-corrected chi connectivity index (χ3v) is 5.30. The van der Waals surface area contributed by atoms with Crippen LogP contribution in [0.1, 0.15) is 32.6 Å². The van der Waals surface area contributed by atoms with Crippen molar-refractivity contribution < 1.29 is 47.5 Å². The van der Waals surface area contributed by atoms with Gasteiger partial charge in [0.05, 0.1) is 6.61 Å². The van der Waals surface area contributed by atoms with E-state index in [1.165, 1.54) is 20.8 Å². The summed E-state index contributed by atoms with van der Waals surface area (Å²) in [6.07, 6.45) is -5.45. The molecule has 0 aromatic heterocycles. The van der Waals surface area contributed by atoms with Crippen molar-refractivity contribution in [2.75, 3.05) is 6.61 Å². The molecule has 2 aliphatic heterocycles. The Morgan fingerprint density at radius 1 is 0.771 bits per heavy atom. The van der Waals surface area contributed by atoms with E-state index < -0.39 is 54.9 Å². The average Bonchev–Trinajstić information content (AvgIpc) is 2.82. The van der Waals surface area contributed by atoms with E-state index in [9.17, 15) is 14.4 Å². The maximum Gasteiger partial charge on any atom is 0.308 e. The lowest BCUT2D eigenvalue weighted by molar-refractivity contribution is -0.351. The van der Waals surface area contributed by atoms with Crippen LogP contribution in [-0.4, -0.2) is 55.2 Å². The normalized spacial score (nSPS) is 27.7. The van der Waals surface area contributed by atoms with E-state index in [1.807, 2.05) is 30.3 Å². The number of ether oxygens (including phenoxy) is 7. The minimum absolute atomic E-state index is 0.125. The standard InChI is InChI=1S/C25H26O10/c1-14(26)30-18-9-11-19(12-10-18)33-25-23(32-16(3)28)22(31-15(2)27)21-20(34-25)13-29-24(35-21)17-7-5-4-6-8-17/h4-12,20-25H,13H2,1-3H3/t20-,21-,22+,23-,24?,25-/m1/s1. The molecule has 0 bridgehead atoms. The first-order valence-electron chi connectivity index (χ1n) is 11.1. The van der Waals surface area contributed by atoms with Gasteiger partial charge in [-0.2, -0.15) is 0 Å². The third kappa shape index (κ3) is 6.16. The van der Waals surface area contributed by atoms with E-state index in [4.69, 9.17) is 33.2 Å². The lowest BCUT2D eigenvalue weighted by atomic mass is 9.97. The van der Waals surface area contributed by atoms with Crippen molar-refractivity contribution in [1.82, 2.24) is 0 Å². The molecule has 0 radical (unpaired) electrons. The van der Waals surface area contributed by atoms with E-state index in [-0.39, 0.29) is 6.61 Å². The Morgan fingerprint density at radius 2 is 1.40 bits per heavy atom. The molecule has 10 nitrogen and oxygen atoms in total. The highest BCUT2D eigenvalue weighted by Crippen LogP contribution is 2.37. The van der Waals surface area contributed by atoms with Gasteiger partial charge in [0.25, 0.3) is 0 Å². The van der Waals surface area contributed by atoms with Crippen molar-refractivity contribution in [1.29, 1.82) is 0 Å². The van der Waals surface area contributed by atoms with Crippen LogP contribution >= 0.6 is 0 Å². The smallest absolute Gasteiger partial charge is 0.308 e. The predicted molar refractivity (Wildman–Crippen MR) is 118 cm³/mol. The SMILES string of the molecule is CC(=O)Oc1ccc(O[C@@H]2O[C@@H]3COC(c4ccccc4)O[C@H]3[C@H](OC(C)=O)[C@H]2OC(C)=O)cc1. The molecule has 6 atom stereocenters. The number of benzene rings is 2. The van der Waals surface area contributed by atoms with Gasteiger partial charge in [-0.3, -0.25) is 14.4 Å². The summed E-state index contributed by atoms with van der Waals surface area (Å²) < 4.78 is 40.1. The molecule has 0 saturated carbocycles. The Kier molecular flexibility index (Phi) is 7.64. The van der Waals surface area contributed by atoms with Crippen molar-refractivity contribution >= 4 is 17.9 Å². The second-order valence-corrected chi connectivity index (χ2v) is 8.05. The summed E-state index contributed by atoms with van der Waals surface area (Å²) in [6, 6.07) is 15.5. The molecule has 0 amide bonds. The molecular formula is C25H26O10. The number of esters is 3. The van der Waals surface area contributed by atoms with Gasteiger partial charge in [0.2, 0.25) is 12.4 Å². The molecule has 10 heteroatoms. The lowest BCUT2D eigenvalue weighted by Crippen LogP contribution is -2.64. The largest absolute Gasteiger partial charge is 0.461 e. The summed E-state index contributed by atoms with van der Waals surface area (Å²) in [4.78, 5) is 35.1. The zero-order chi connectivity index (χ0) is 24.9. The van der Waals surface area contributed by atoms with E-state index in [0.717, 1.165) is 5.56 Å². The van der Waals surface area contributed by atoms with E-state index in [2.05, 4.69) is 0 Å². The number of fused-ring (bicyclic) bond motifs is 1. The van der Waals surface area contributed by atoms with Gasteiger partial charge in [0, 0.05) is 26.3 Å². The van der Waals surface area contributed by atoms with Gasteiger partial charge in [0.15, 0.2) is 12.4 Å². The summed E-state index contributed by atoms with van der Waals surface area (Å²) in [5.74, 6) is -0.957. The second kappa shape index (κ2) is 10.9. The van der Waals surface area contributed by atoms with Gasteiger partial charge in [-0.25, -0.2) is 0 Å². The number of rotatable bonds is 6. The third-order valence-electron chi connectivity index (χ3n) is 5.30. The Balaban J connectivity index is 1.58. The van der Waals surface area contributed by atoms with Crippen LogP contribution in [0.15, 0.2) is 54.6 Å². The number of carbonyl (C=O) groups excluding carboxylic acids is 3. The summed E-state index contributed by atoms with van der Waals surface area (Å²) in [5, 5.41) is 0. The van der Waals surface area contributed by atoms with Gasteiger partial charge < -0.3 is 33.2 Å². The van der Waals surface area contributed by atoms with Crippen LogP contribution in [0, 0.1) is 0 Å². The van der Waals surface area contributed by atoms with Crippen LogP contribution in [0.2, 0.25) is 0 Å². The maximum atomic E-state index is 12.0. The lowest BCUT2D eigenvalue weighted by Gasteiger charge is -2.47.